The van der Waals surface area contributed by atoms with E-state index in [0.29, 0.717) is 12.5 Å². The van der Waals surface area contributed by atoms with Gasteiger partial charge in [-0.15, -0.1) is 0 Å². The summed E-state index contributed by atoms with van der Waals surface area (Å²) >= 11 is 5.59. The van der Waals surface area contributed by atoms with Gasteiger partial charge in [-0.1, -0.05) is 39.3 Å². The van der Waals surface area contributed by atoms with Crippen LogP contribution < -0.4 is 5.32 Å². The zero-order valence-electron chi connectivity index (χ0n) is 12.0. The second-order valence-corrected chi connectivity index (χ2v) is 6.82. The van der Waals surface area contributed by atoms with E-state index in [1.165, 1.54) is 0 Å². The Labute approximate surface area is 122 Å². The van der Waals surface area contributed by atoms with Crippen molar-refractivity contribution in [2.75, 3.05) is 11.9 Å². The molecule has 0 bridgehead atoms. The molecule has 1 aromatic rings. The fraction of sp³-hybridized carbons (Fsp3) is 0.571. The largest absolute Gasteiger partial charge is 0.379 e. The first-order chi connectivity index (χ1) is 9.09. The maximum atomic E-state index is 13.5. The Morgan fingerprint density at radius 2 is 1.90 bits per heavy atom. The highest BCUT2D eigenvalue weighted by atomic mass is 35.5. The summed E-state index contributed by atoms with van der Waals surface area (Å²) in [4.78, 5) is 10.4. The molecular formula is C14H18ClFN2O2. The first-order valence-electron chi connectivity index (χ1n) is 6.46. The van der Waals surface area contributed by atoms with Crippen molar-refractivity contribution in [3.63, 3.8) is 0 Å². The van der Waals surface area contributed by atoms with Crippen LogP contribution in [0.5, 0.6) is 0 Å². The highest BCUT2D eigenvalue weighted by Crippen LogP contribution is 2.68. The van der Waals surface area contributed by atoms with Crippen LogP contribution >= 0.6 is 11.6 Å². The van der Waals surface area contributed by atoms with Crippen molar-refractivity contribution in [3.05, 3.63) is 33.1 Å². The SMILES string of the molecule is CC1(C)C(CNc2cc(F)c(Cl)cc2[N+](=O)[O-])C1(C)C. The van der Waals surface area contributed by atoms with E-state index in [-0.39, 0.29) is 27.2 Å². The summed E-state index contributed by atoms with van der Waals surface area (Å²) in [6, 6.07) is 2.13. The van der Waals surface area contributed by atoms with Crippen LogP contribution in [0.3, 0.4) is 0 Å². The molecule has 1 aromatic carbocycles. The number of nitrogens with zero attached hydrogens (tertiary/aromatic N) is 1. The van der Waals surface area contributed by atoms with Gasteiger partial charge in [-0.05, 0) is 16.7 Å². The molecule has 0 saturated heterocycles. The molecule has 0 aliphatic heterocycles. The van der Waals surface area contributed by atoms with Crippen molar-refractivity contribution in [3.8, 4) is 0 Å². The van der Waals surface area contributed by atoms with Gasteiger partial charge in [-0.25, -0.2) is 4.39 Å². The third kappa shape index (κ3) is 2.24. The fourth-order valence-electron chi connectivity index (χ4n) is 2.88. The quantitative estimate of drug-likeness (QED) is 0.659. The molecule has 1 saturated carbocycles. The smallest absolute Gasteiger partial charge is 0.294 e. The van der Waals surface area contributed by atoms with Crippen molar-refractivity contribution in [1.29, 1.82) is 0 Å². The zero-order chi connectivity index (χ0) is 15.3. The molecule has 1 fully saturated rings. The van der Waals surface area contributed by atoms with Gasteiger partial charge in [-0.2, -0.15) is 0 Å². The number of nitrogens with one attached hydrogen (secondary N) is 1. The minimum Gasteiger partial charge on any atom is -0.379 e. The van der Waals surface area contributed by atoms with E-state index in [1.54, 1.807) is 0 Å². The number of anilines is 1. The molecule has 1 N–H and O–H groups in total. The van der Waals surface area contributed by atoms with Crippen LogP contribution in [0.1, 0.15) is 27.7 Å². The van der Waals surface area contributed by atoms with Gasteiger partial charge >= 0.3 is 0 Å². The number of hydrogen-bond donors (Lipinski definition) is 1. The molecule has 0 spiro atoms. The molecule has 4 nitrogen and oxygen atoms in total. The molecule has 110 valence electrons. The monoisotopic (exact) mass is 300 g/mol. The summed E-state index contributed by atoms with van der Waals surface area (Å²) in [6.07, 6.45) is 0. The maximum absolute atomic E-state index is 13.5. The summed E-state index contributed by atoms with van der Waals surface area (Å²) in [7, 11) is 0. The number of benzene rings is 1. The van der Waals surface area contributed by atoms with Gasteiger partial charge in [0.05, 0.1) is 9.95 Å². The molecule has 0 atom stereocenters. The summed E-state index contributed by atoms with van der Waals surface area (Å²) in [5.74, 6) is -0.276. The molecule has 1 aliphatic rings. The molecule has 0 heterocycles. The van der Waals surface area contributed by atoms with Gasteiger partial charge < -0.3 is 5.32 Å². The molecule has 2 rings (SSSR count). The van der Waals surface area contributed by atoms with E-state index in [9.17, 15) is 14.5 Å². The van der Waals surface area contributed by atoms with Gasteiger partial charge in [0.25, 0.3) is 5.69 Å². The molecular weight excluding hydrogens is 283 g/mol. The zero-order valence-corrected chi connectivity index (χ0v) is 12.7. The lowest BCUT2D eigenvalue weighted by Gasteiger charge is -2.09. The van der Waals surface area contributed by atoms with Crippen molar-refractivity contribution >= 4 is 23.0 Å². The topological polar surface area (TPSA) is 55.2 Å². The van der Waals surface area contributed by atoms with E-state index in [0.717, 1.165) is 12.1 Å². The van der Waals surface area contributed by atoms with Crippen LogP contribution in [0.4, 0.5) is 15.8 Å². The third-order valence-corrected chi connectivity index (χ3v) is 5.34. The van der Waals surface area contributed by atoms with Gasteiger partial charge in [-0.3, -0.25) is 10.1 Å². The average molecular weight is 301 g/mol. The van der Waals surface area contributed by atoms with E-state index in [1.807, 2.05) is 0 Å². The minimum absolute atomic E-state index is 0.166. The van der Waals surface area contributed by atoms with Gasteiger partial charge in [0.2, 0.25) is 0 Å². The molecule has 6 heteroatoms. The van der Waals surface area contributed by atoms with Crippen LogP contribution in [-0.2, 0) is 0 Å². The Kier molecular flexibility index (Phi) is 3.45. The number of hydrogen-bond acceptors (Lipinski definition) is 3. The summed E-state index contributed by atoms with van der Waals surface area (Å²) in [6.45, 7) is 9.22. The lowest BCUT2D eigenvalue weighted by molar-refractivity contribution is -0.384. The second-order valence-electron chi connectivity index (χ2n) is 6.42. The van der Waals surface area contributed by atoms with Gasteiger partial charge in [0.15, 0.2) is 0 Å². The predicted molar refractivity (Wildman–Crippen MR) is 77.6 cm³/mol. The highest BCUT2D eigenvalue weighted by Gasteiger charge is 2.64. The fourth-order valence-corrected chi connectivity index (χ4v) is 3.04. The summed E-state index contributed by atoms with van der Waals surface area (Å²) < 4.78 is 13.5. The van der Waals surface area contributed by atoms with E-state index < -0.39 is 10.7 Å². The van der Waals surface area contributed by atoms with Crippen molar-refractivity contribution < 1.29 is 9.31 Å². The van der Waals surface area contributed by atoms with E-state index >= 15 is 0 Å². The Hall–Kier alpha value is -1.36. The number of nitro groups is 1. The highest BCUT2D eigenvalue weighted by molar-refractivity contribution is 6.31. The molecule has 0 unspecified atom stereocenters. The molecule has 20 heavy (non-hydrogen) atoms. The average Bonchev–Trinajstić information content (AvgIpc) is 2.70. The van der Waals surface area contributed by atoms with Gasteiger partial charge in [0, 0.05) is 18.7 Å². The van der Waals surface area contributed by atoms with Crippen molar-refractivity contribution in [2.45, 2.75) is 27.7 Å². The van der Waals surface area contributed by atoms with Crippen LogP contribution in [0.25, 0.3) is 0 Å². The molecule has 0 amide bonds. The van der Waals surface area contributed by atoms with Crippen molar-refractivity contribution in [1.82, 2.24) is 0 Å². The Balaban J connectivity index is 2.19. The minimum atomic E-state index is -0.658. The molecule has 1 aliphatic carbocycles. The van der Waals surface area contributed by atoms with Gasteiger partial charge in [0.1, 0.15) is 11.5 Å². The van der Waals surface area contributed by atoms with Crippen LogP contribution in [0, 0.1) is 32.7 Å². The Bertz CT molecular complexity index is 559. The number of nitro benzene ring substituents is 1. The number of rotatable bonds is 4. The lowest BCUT2D eigenvalue weighted by Crippen LogP contribution is -2.10. The lowest BCUT2D eigenvalue weighted by atomic mass is 10.0. The molecule has 0 aromatic heterocycles. The first-order valence-corrected chi connectivity index (χ1v) is 6.84. The van der Waals surface area contributed by atoms with E-state index in [4.69, 9.17) is 11.6 Å². The summed E-state index contributed by atoms with van der Waals surface area (Å²) in [5.41, 5.74) is 0.308. The maximum Gasteiger partial charge on any atom is 0.294 e. The van der Waals surface area contributed by atoms with Crippen LogP contribution in [-0.4, -0.2) is 11.5 Å². The van der Waals surface area contributed by atoms with Crippen molar-refractivity contribution in [2.24, 2.45) is 16.7 Å². The third-order valence-electron chi connectivity index (χ3n) is 5.05. The Morgan fingerprint density at radius 3 is 2.35 bits per heavy atom. The summed E-state index contributed by atoms with van der Waals surface area (Å²) in [5, 5.41) is 13.7. The first kappa shape index (κ1) is 15.0. The normalized spacial score (nSPS) is 19.7. The van der Waals surface area contributed by atoms with Crippen LogP contribution in [0.15, 0.2) is 12.1 Å². The molecule has 0 radical (unpaired) electrons. The van der Waals surface area contributed by atoms with Crippen LogP contribution in [0.2, 0.25) is 5.02 Å². The standard InChI is InChI=1S/C14H18ClFN2O2/c1-13(2)12(14(13,3)4)7-17-10-6-9(16)8(15)5-11(10)18(19)20/h5-6,12,17H,7H2,1-4H3. The predicted octanol–water partition coefficient (Wildman–Crippen LogP) is 4.48. The van der Waals surface area contributed by atoms with E-state index in [2.05, 4.69) is 33.0 Å². The Morgan fingerprint density at radius 1 is 1.35 bits per heavy atom. The number of halogens is 2. The second kappa shape index (κ2) is 4.58.